The molecule has 0 saturated heterocycles. The van der Waals surface area contributed by atoms with Crippen molar-refractivity contribution in [2.24, 2.45) is 5.92 Å². The summed E-state index contributed by atoms with van der Waals surface area (Å²) in [5.41, 5.74) is 3.41. The molecular weight excluding hydrogens is 431 g/mol. The van der Waals surface area contributed by atoms with E-state index in [0.29, 0.717) is 23.1 Å². The molecule has 3 heterocycles. The predicted octanol–water partition coefficient (Wildman–Crippen LogP) is 5.51. The first kappa shape index (κ1) is 22.8. The lowest BCUT2D eigenvalue weighted by Crippen LogP contribution is -2.41. The molecule has 1 aliphatic carbocycles. The van der Waals surface area contributed by atoms with Gasteiger partial charge in [0, 0.05) is 41.4 Å². The summed E-state index contributed by atoms with van der Waals surface area (Å²) in [4.78, 5) is 15.8. The van der Waals surface area contributed by atoms with Crippen LogP contribution < -0.4 is 4.73 Å². The van der Waals surface area contributed by atoms with Crippen molar-refractivity contribution in [2.75, 3.05) is 19.6 Å². The lowest BCUT2D eigenvalue weighted by Gasteiger charge is -2.29. The number of hydrogen-bond donors (Lipinski definition) is 1. The Hall–Kier alpha value is -2.99. The average molecular weight is 464 g/mol. The summed E-state index contributed by atoms with van der Waals surface area (Å²) in [6.07, 6.45) is 12.2. The fraction of sp³-hybridized carbons (Fsp3) is 0.429. The molecule has 2 aromatic heterocycles. The second-order valence-corrected chi connectivity index (χ2v) is 9.59. The first-order valence-electron chi connectivity index (χ1n) is 12.4. The van der Waals surface area contributed by atoms with Crippen LogP contribution in [-0.2, 0) is 4.79 Å². The van der Waals surface area contributed by atoms with E-state index >= 15 is 0 Å². The van der Waals surface area contributed by atoms with E-state index in [2.05, 4.69) is 11.0 Å². The molecule has 1 unspecified atom stereocenters. The van der Waals surface area contributed by atoms with Crippen molar-refractivity contribution < 1.29 is 23.5 Å². The van der Waals surface area contributed by atoms with Gasteiger partial charge in [-0.25, -0.2) is 4.39 Å². The maximum absolute atomic E-state index is 14.0. The number of furan rings is 1. The Morgan fingerprint density at radius 3 is 2.79 bits per heavy atom. The molecule has 1 N–H and O–H groups in total. The molecule has 6 heteroatoms. The van der Waals surface area contributed by atoms with Crippen LogP contribution >= 0.6 is 0 Å². The van der Waals surface area contributed by atoms with Crippen molar-refractivity contribution in [3.8, 4) is 0 Å². The zero-order valence-corrected chi connectivity index (χ0v) is 19.5. The zero-order chi connectivity index (χ0) is 23.5. The van der Waals surface area contributed by atoms with Gasteiger partial charge in [0.1, 0.15) is 23.1 Å². The fourth-order valence-corrected chi connectivity index (χ4v) is 5.58. The van der Waals surface area contributed by atoms with Crippen LogP contribution in [-0.4, -0.2) is 35.5 Å². The van der Waals surface area contributed by atoms with Crippen molar-refractivity contribution in [3.05, 3.63) is 72.0 Å². The third-order valence-corrected chi connectivity index (χ3v) is 7.51. The predicted molar refractivity (Wildman–Crippen MR) is 128 cm³/mol. The minimum Gasteiger partial charge on any atom is -0.464 e. The zero-order valence-electron chi connectivity index (χ0n) is 19.5. The van der Waals surface area contributed by atoms with E-state index in [0.717, 1.165) is 62.0 Å². The number of carbonyl (C=O) groups is 1. The van der Waals surface area contributed by atoms with Gasteiger partial charge in [-0.3, -0.25) is 14.9 Å². The van der Waals surface area contributed by atoms with E-state index in [4.69, 9.17) is 4.42 Å². The van der Waals surface area contributed by atoms with Crippen molar-refractivity contribution in [2.45, 2.75) is 50.9 Å². The highest BCUT2D eigenvalue weighted by Crippen LogP contribution is 2.33. The first-order valence-corrected chi connectivity index (χ1v) is 12.4. The van der Waals surface area contributed by atoms with E-state index in [1.165, 1.54) is 24.3 Å². The van der Waals surface area contributed by atoms with Crippen molar-refractivity contribution in [1.29, 1.82) is 0 Å². The molecular formula is C28H32FN2O3+. The number of carbonyl (C=O) groups excluding carboxylic acids is 1. The van der Waals surface area contributed by atoms with Crippen LogP contribution in [0.5, 0.6) is 0 Å². The molecule has 2 aliphatic rings. The molecule has 0 amide bonds. The maximum Gasteiger partial charge on any atom is 0.244 e. The average Bonchev–Trinajstić information content (AvgIpc) is 3.37. The number of halogens is 1. The van der Waals surface area contributed by atoms with E-state index in [9.17, 15) is 14.4 Å². The molecule has 1 aliphatic heterocycles. The normalized spacial score (nSPS) is 18.7. The van der Waals surface area contributed by atoms with Crippen molar-refractivity contribution in [1.82, 2.24) is 4.90 Å². The molecule has 1 fully saturated rings. The van der Waals surface area contributed by atoms with E-state index in [-0.39, 0.29) is 23.4 Å². The Morgan fingerprint density at radius 2 is 2.03 bits per heavy atom. The molecule has 1 atom stereocenters. The standard InChI is InChI=1S/C28H32FN2O3/c29-25-10-9-22(28-23(25)14-19-34-28)20-11-16-30(17-12-20)18-13-24(26-8-4-5-15-31(26)33)27(32)21-6-2-1-3-7-21/h4-5,8-11,14-15,19,21,24,33H,1-3,6-7,12-13,16-18H2/q+1. The Balaban J connectivity index is 1.29. The summed E-state index contributed by atoms with van der Waals surface area (Å²) >= 11 is 0. The minimum absolute atomic E-state index is 0.0981. The largest absolute Gasteiger partial charge is 0.464 e. The molecule has 3 aromatic rings. The number of nitrogens with zero attached hydrogens (tertiary/aromatic N) is 2. The maximum atomic E-state index is 14.0. The number of pyridine rings is 1. The van der Waals surface area contributed by atoms with Crippen LogP contribution in [0.4, 0.5) is 4.39 Å². The van der Waals surface area contributed by atoms with Gasteiger partial charge in [0.25, 0.3) is 0 Å². The smallest absolute Gasteiger partial charge is 0.244 e. The van der Waals surface area contributed by atoms with Gasteiger partial charge in [0.2, 0.25) is 11.9 Å². The fourth-order valence-electron chi connectivity index (χ4n) is 5.58. The highest BCUT2D eigenvalue weighted by Gasteiger charge is 2.35. The molecule has 5 rings (SSSR count). The summed E-state index contributed by atoms with van der Waals surface area (Å²) in [5.74, 6) is -0.199. The van der Waals surface area contributed by atoms with E-state index in [1.54, 1.807) is 24.4 Å². The van der Waals surface area contributed by atoms with Crippen LogP contribution in [0.15, 0.2) is 59.4 Å². The molecule has 0 bridgehead atoms. The van der Waals surface area contributed by atoms with Crippen molar-refractivity contribution in [3.63, 3.8) is 0 Å². The van der Waals surface area contributed by atoms with Gasteiger partial charge in [-0.15, -0.1) is 0 Å². The Kier molecular flexibility index (Phi) is 6.77. The highest BCUT2D eigenvalue weighted by molar-refractivity contribution is 5.90. The van der Waals surface area contributed by atoms with Crippen LogP contribution in [0, 0.1) is 11.7 Å². The van der Waals surface area contributed by atoms with E-state index < -0.39 is 0 Å². The number of fused-ring (bicyclic) bond motifs is 1. The number of aromatic nitrogens is 1. The minimum atomic E-state index is -0.306. The molecule has 34 heavy (non-hydrogen) atoms. The summed E-state index contributed by atoms with van der Waals surface area (Å²) in [5, 5.41) is 10.9. The summed E-state index contributed by atoms with van der Waals surface area (Å²) < 4.78 is 20.7. The highest BCUT2D eigenvalue weighted by atomic mass is 19.1. The van der Waals surface area contributed by atoms with Gasteiger partial charge in [0.15, 0.2) is 0 Å². The molecule has 178 valence electrons. The topological polar surface area (TPSA) is 57.6 Å². The van der Waals surface area contributed by atoms with Crippen LogP contribution in [0.25, 0.3) is 16.5 Å². The lowest BCUT2D eigenvalue weighted by molar-refractivity contribution is -0.910. The van der Waals surface area contributed by atoms with Gasteiger partial charge in [-0.1, -0.05) is 25.3 Å². The SMILES string of the molecule is O=C(C1CCCCC1)C(CCN1CC=C(c2ccc(F)c3ccoc23)CC1)c1cccc[n+]1O. The summed E-state index contributed by atoms with van der Waals surface area (Å²) in [6.45, 7) is 2.41. The monoisotopic (exact) mass is 463 g/mol. The quantitative estimate of drug-likeness (QED) is 0.371. The lowest BCUT2D eigenvalue weighted by atomic mass is 9.79. The third-order valence-electron chi connectivity index (χ3n) is 7.51. The van der Waals surface area contributed by atoms with Gasteiger partial charge < -0.3 is 4.42 Å². The van der Waals surface area contributed by atoms with Crippen LogP contribution in [0.3, 0.4) is 0 Å². The third kappa shape index (κ3) is 4.64. The first-order chi connectivity index (χ1) is 16.6. The summed E-state index contributed by atoms with van der Waals surface area (Å²) in [7, 11) is 0. The number of rotatable bonds is 7. The molecule has 0 radical (unpaired) electrons. The second kappa shape index (κ2) is 10.1. The Bertz CT molecular complexity index is 1200. The molecule has 1 saturated carbocycles. The number of benzene rings is 1. The Morgan fingerprint density at radius 1 is 1.18 bits per heavy atom. The van der Waals surface area contributed by atoms with Gasteiger partial charge in [-0.2, -0.15) is 0 Å². The Labute approximate surface area is 199 Å². The molecule has 1 aromatic carbocycles. The molecule has 0 spiro atoms. The number of hydrogen-bond acceptors (Lipinski definition) is 4. The number of ketones is 1. The van der Waals surface area contributed by atoms with Crippen LogP contribution in [0.2, 0.25) is 0 Å². The van der Waals surface area contributed by atoms with Gasteiger partial charge in [-0.05, 0) is 62.1 Å². The second-order valence-electron chi connectivity index (χ2n) is 9.59. The summed E-state index contributed by atoms with van der Waals surface area (Å²) in [6, 6.07) is 10.5. The van der Waals surface area contributed by atoms with Gasteiger partial charge >= 0.3 is 0 Å². The molecule has 5 nitrogen and oxygen atoms in total. The van der Waals surface area contributed by atoms with E-state index in [1.807, 2.05) is 12.1 Å². The van der Waals surface area contributed by atoms with Gasteiger partial charge in [0.05, 0.1) is 11.6 Å². The number of Topliss-reactive ketones (excluding diaryl/α,β-unsaturated/α-hetero) is 1. The van der Waals surface area contributed by atoms with Crippen LogP contribution in [0.1, 0.15) is 62.1 Å². The van der Waals surface area contributed by atoms with Crippen molar-refractivity contribution >= 4 is 22.3 Å².